The van der Waals surface area contributed by atoms with E-state index in [0.29, 0.717) is 38.5 Å². The Morgan fingerprint density at radius 2 is 0.319 bits per heavy atom. The highest BCUT2D eigenvalue weighted by Gasteiger charge is 2.08. The third kappa shape index (κ3) is 28.4. The average Bonchev–Trinajstić information content (AvgIpc) is 1.17. The largest absolute Gasteiger partial charge is 0.295 e. The molecule has 94 heavy (non-hydrogen) atoms. The summed E-state index contributed by atoms with van der Waals surface area (Å²) in [6.45, 7) is 21.1. The van der Waals surface area contributed by atoms with Gasteiger partial charge in [-0.1, -0.05) is 234 Å². The summed E-state index contributed by atoms with van der Waals surface area (Å²) in [5, 5.41) is 0. The van der Waals surface area contributed by atoms with Gasteiger partial charge in [0.25, 0.3) is 0 Å². The molecule has 0 saturated heterocycles. The molecule has 0 aliphatic carbocycles. The van der Waals surface area contributed by atoms with Crippen molar-refractivity contribution in [1.82, 2.24) is 0 Å². The molecule has 0 atom stereocenters. The fourth-order valence-electron chi connectivity index (χ4n) is 10.8. The van der Waals surface area contributed by atoms with Crippen LogP contribution < -0.4 is 0 Å². The molecule has 8 rings (SSSR count). The van der Waals surface area contributed by atoms with Gasteiger partial charge < -0.3 is 0 Å². The van der Waals surface area contributed by atoms with Crippen molar-refractivity contribution in [2.45, 2.75) is 141 Å². The minimum Gasteiger partial charge on any atom is -0.295 e. The Kier molecular flexibility index (Phi) is 32.5. The zero-order valence-electron chi connectivity index (χ0n) is 55.2. The molecule has 0 aromatic heterocycles. The second-order valence-corrected chi connectivity index (χ2v) is 24.1. The summed E-state index contributed by atoms with van der Waals surface area (Å²) >= 11 is 0. The quantitative estimate of drug-likeness (QED) is 0.0356. The maximum absolute atomic E-state index is 11.4. The smallest absolute Gasteiger partial charge is 0.155 e. The van der Waals surface area contributed by atoms with Gasteiger partial charge in [0, 0.05) is 38.5 Å². The van der Waals surface area contributed by atoms with Gasteiger partial charge in [-0.05, 0) is 228 Å². The van der Waals surface area contributed by atoms with Crippen molar-refractivity contribution in [3.63, 3.8) is 0 Å². The molecule has 0 aliphatic rings. The predicted octanol–water partition coefficient (Wildman–Crippen LogP) is 19.0. The Balaban J connectivity index is 0.000000228. The molecule has 0 radical (unpaired) electrons. The minimum absolute atomic E-state index is 0.0737. The van der Waals surface area contributed by atoms with Gasteiger partial charge in [0.05, 0.1) is 0 Å². The van der Waals surface area contributed by atoms with E-state index in [1.165, 1.54) is 103 Å². The molecule has 0 bridgehead atoms. The first-order chi connectivity index (χ1) is 45.7. The van der Waals surface area contributed by atoms with Crippen LogP contribution in [0.3, 0.4) is 0 Å². The second kappa shape index (κ2) is 41.7. The van der Waals surface area contributed by atoms with Gasteiger partial charge in [-0.2, -0.15) is 0 Å². The van der Waals surface area contributed by atoms with E-state index in [0.717, 1.165) is 125 Å². The van der Waals surface area contributed by atoms with Crippen molar-refractivity contribution in [2.24, 2.45) is 0 Å². The molecule has 0 aliphatic heterocycles. The molecule has 0 N–H and O–H groups in total. The Morgan fingerprint density at radius 1 is 0.191 bits per heavy atom. The first kappa shape index (κ1) is 73.3. The van der Waals surface area contributed by atoms with Crippen LogP contribution in [0.25, 0.3) is 11.1 Å². The highest BCUT2D eigenvalue weighted by Crippen LogP contribution is 2.23. The third-order valence-electron chi connectivity index (χ3n) is 16.9. The molecule has 0 unspecified atom stereocenters. The second-order valence-electron chi connectivity index (χ2n) is 24.1. The molecule has 0 saturated carbocycles. The van der Waals surface area contributed by atoms with E-state index in [9.17, 15) is 28.8 Å². The van der Waals surface area contributed by atoms with Gasteiger partial charge in [0.2, 0.25) is 0 Å². The summed E-state index contributed by atoms with van der Waals surface area (Å²) in [4.78, 5) is 68.1. The molecular weight excluding hydrogens is 1150 g/mol. The standard InChI is InChI=1S/C34H38O2.C32H34O2.C22H22O2/c1-3-33(35)25-23-31-19-15-29(16-20-31)9-5-7-27-11-13-28(14-12-27)8-6-10-30-17-21-32(22-18-30)24-26-34(36)4-2;1-3-31(33)22-20-27-10-8-25(9-11-27)6-5-7-26-12-16-29(17-13-26)24-30-18-14-28(15-19-30)21-23-32(34)4-2;1-3-21(23)15-9-17-5-11-19(12-6-17)20-13-7-18(8-14-20)10-16-22(24)4-2/h3-4,11-22H,1-2,5-10,23-26H2;3-4,8-19H,1-2,5-7,20-24H2;3-8,11-14H,1-2,9-10,15-16H2. The molecule has 6 nitrogen and oxygen atoms in total. The Labute approximate surface area is 560 Å². The summed E-state index contributed by atoms with van der Waals surface area (Å²) in [5.41, 5.74) is 20.2. The van der Waals surface area contributed by atoms with Gasteiger partial charge in [-0.3, -0.25) is 28.8 Å². The molecule has 8 aromatic carbocycles. The normalized spacial score (nSPS) is 10.5. The summed E-state index contributed by atoms with van der Waals surface area (Å²) < 4.78 is 0. The van der Waals surface area contributed by atoms with Crippen molar-refractivity contribution in [3.8, 4) is 11.1 Å². The maximum atomic E-state index is 11.4. The van der Waals surface area contributed by atoms with E-state index >= 15 is 0 Å². The summed E-state index contributed by atoms with van der Waals surface area (Å²) in [6, 6.07) is 69.0. The Bertz CT molecular complexity index is 3550. The molecule has 482 valence electrons. The zero-order valence-corrected chi connectivity index (χ0v) is 55.2. The third-order valence-corrected chi connectivity index (χ3v) is 16.9. The van der Waals surface area contributed by atoms with Crippen LogP contribution in [-0.2, 0) is 112 Å². The van der Waals surface area contributed by atoms with Crippen LogP contribution in [-0.4, -0.2) is 34.7 Å². The average molecular weight is 1250 g/mol. The van der Waals surface area contributed by atoms with Crippen LogP contribution in [0.1, 0.15) is 136 Å². The topological polar surface area (TPSA) is 102 Å². The van der Waals surface area contributed by atoms with E-state index in [-0.39, 0.29) is 34.7 Å². The molecule has 0 heterocycles. The number of hydrogen-bond donors (Lipinski definition) is 0. The molecule has 8 aromatic rings. The van der Waals surface area contributed by atoms with Crippen LogP contribution in [0.2, 0.25) is 0 Å². The van der Waals surface area contributed by atoms with E-state index in [4.69, 9.17) is 0 Å². The van der Waals surface area contributed by atoms with Crippen LogP contribution >= 0.6 is 0 Å². The maximum Gasteiger partial charge on any atom is 0.155 e. The number of allylic oxidation sites excluding steroid dienone is 6. The van der Waals surface area contributed by atoms with Crippen molar-refractivity contribution < 1.29 is 28.8 Å². The fraction of sp³-hybridized carbons (Fsp3) is 0.250. The predicted molar refractivity (Wildman–Crippen MR) is 391 cm³/mol. The van der Waals surface area contributed by atoms with Crippen molar-refractivity contribution in [1.29, 1.82) is 0 Å². The minimum atomic E-state index is 0.0737. The fourth-order valence-corrected chi connectivity index (χ4v) is 10.8. The lowest BCUT2D eigenvalue weighted by Gasteiger charge is -2.07. The number of aryl methyl sites for hydroxylation is 12. The van der Waals surface area contributed by atoms with E-state index < -0.39 is 0 Å². The van der Waals surface area contributed by atoms with E-state index in [2.05, 4.69) is 234 Å². The number of benzene rings is 8. The van der Waals surface area contributed by atoms with Gasteiger partial charge >= 0.3 is 0 Å². The Morgan fingerprint density at radius 3 is 0.468 bits per heavy atom. The highest BCUT2D eigenvalue weighted by molar-refractivity contribution is 5.91. The van der Waals surface area contributed by atoms with Crippen LogP contribution in [0, 0.1) is 0 Å². The first-order valence-electron chi connectivity index (χ1n) is 33.3. The van der Waals surface area contributed by atoms with Gasteiger partial charge in [0.15, 0.2) is 34.7 Å². The number of hydrogen-bond acceptors (Lipinski definition) is 6. The first-order valence-corrected chi connectivity index (χ1v) is 33.3. The lowest BCUT2D eigenvalue weighted by atomic mass is 9.98. The van der Waals surface area contributed by atoms with Crippen molar-refractivity contribution in [2.75, 3.05) is 0 Å². The van der Waals surface area contributed by atoms with Crippen molar-refractivity contribution >= 4 is 34.7 Å². The SMILES string of the molecule is C=CC(=O)CCc1ccc(-c2ccc(CCC(=O)C=C)cc2)cc1.C=CC(=O)CCc1ccc(CCCc2ccc(CCCc3ccc(CCC(=O)C=C)cc3)cc2)cc1.C=CC(=O)CCc1ccc(CCCc2ccc(Cc3ccc(CCC(=O)C=C)cc3)cc2)cc1. The summed E-state index contributed by atoms with van der Waals surface area (Å²) in [5.74, 6) is 0.545. The monoisotopic (exact) mass is 1250 g/mol. The van der Waals surface area contributed by atoms with Gasteiger partial charge in [0.1, 0.15) is 0 Å². The van der Waals surface area contributed by atoms with Gasteiger partial charge in [-0.15, -0.1) is 0 Å². The van der Waals surface area contributed by atoms with E-state index in [1.807, 2.05) is 0 Å². The van der Waals surface area contributed by atoms with Crippen LogP contribution in [0.15, 0.2) is 270 Å². The van der Waals surface area contributed by atoms with Crippen molar-refractivity contribution in [3.05, 3.63) is 348 Å². The molecular formula is C88H94O6. The molecule has 6 heteroatoms. The zero-order chi connectivity index (χ0) is 67.1. The number of ketones is 6. The highest BCUT2D eigenvalue weighted by atomic mass is 16.1. The number of rotatable bonds is 39. The number of carbonyl (C=O) groups is 6. The Hall–Kier alpha value is -9.78. The van der Waals surface area contributed by atoms with E-state index in [1.54, 1.807) is 0 Å². The van der Waals surface area contributed by atoms with Crippen LogP contribution in [0.5, 0.6) is 0 Å². The molecule has 0 amide bonds. The lowest BCUT2D eigenvalue weighted by molar-refractivity contribution is -0.115. The molecule has 0 spiro atoms. The summed E-state index contributed by atoms with van der Waals surface area (Å²) in [7, 11) is 0. The number of carbonyl (C=O) groups excluding carboxylic acids is 6. The lowest BCUT2D eigenvalue weighted by Crippen LogP contribution is -1.96. The van der Waals surface area contributed by atoms with Gasteiger partial charge in [-0.25, -0.2) is 0 Å². The summed E-state index contributed by atoms with van der Waals surface area (Å²) in [6.07, 6.45) is 26.8. The molecule has 0 fully saturated rings. The van der Waals surface area contributed by atoms with Crippen LogP contribution in [0.4, 0.5) is 0 Å².